The van der Waals surface area contributed by atoms with E-state index in [1.54, 1.807) is 7.11 Å². The minimum Gasteiger partial charge on any atom is -0.497 e. The highest BCUT2D eigenvalue weighted by molar-refractivity contribution is 5.94. The van der Waals surface area contributed by atoms with Crippen LogP contribution in [0, 0.1) is 0 Å². The molecular formula is C21H21N3O3. The number of hydrogen-bond acceptors (Lipinski definition) is 5. The van der Waals surface area contributed by atoms with Crippen LogP contribution in [-0.4, -0.2) is 29.2 Å². The molecule has 1 aromatic heterocycles. The van der Waals surface area contributed by atoms with Crippen molar-refractivity contribution in [3.05, 3.63) is 65.4 Å². The number of para-hydroxylation sites is 2. The highest BCUT2D eigenvalue weighted by Gasteiger charge is 2.34. The Balaban J connectivity index is 1.94. The molecule has 1 N–H and O–H groups in total. The number of imidazole rings is 1. The molecule has 1 aliphatic heterocycles. The third-order valence-electron chi connectivity index (χ3n) is 4.76. The summed E-state index contributed by atoms with van der Waals surface area (Å²) < 4.78 is 12.7. The zero-order valence-corrected chi connectivity index (χ0v) is 15.5. The molecule has 6 nitrogen and oxygen atoms in total. The maximum absolute atomic E-state index is 12.8. The first-order valence-corrected chi connectivity index (χ1v) is 8.90. The number of fused-ring (bicyclic) bond motifs is 3. The van der Waals surface area contributed by atoms with E-state index in [1.807, 2.05) is 62.4 Å². The van der Waals surface area contributed by atoms with E-state index in [-0.39, 0.29) is 12.0 Å². The normalized spacial score (nSPS) is 16.0. The molecule has 2 aromatic carbocycles. The molecule has 0 aliphatic carbocycles. The van der Waals surface area contributed by atoms with Gasteiger partial charge in [0.1, 0.15) is 5.75 Å². The lowest BCUT2D eigenvalue weighted by atomic mass is 9.95. The first-order valence-electron chi connectivity index (χ1n) is 8.90. The number of nitrogens with one attached hydrogen (secondary N) is 1. The molecule has 1 atom stereocenters. The molecule has 0 unspecified atom stereocenters. The summed E-state index contributed by atoms with van der Waals surface area (Å²) in [6.45, 7) is 4.01. The van der Waals surface area contributed by atoms with E-state index in [2.05, 4.69) is 9.88 Å². The van der Waals surface area contributed by atoms with Crippen molar-refractivity contribution in [3.8, 4) is 5.75 Å². The number of methoxy groups -OCH3 is 1. The molecule has 0 fully saturated rings. The predicted octanol–water partition coefficient (Wildman–Crippen LogP) is 3.90. The van der Waals surface area contributed by atoms with Gasteiger partial charge in [-0.15, -0.1) is 0 Å². The van der Waals surface area contributed by atoms with Crippen molar-refractivity contribution in [2.45, 2.75) is 19.9 Å². The summed E-state index contributed by atoms with van der Waals surface area (Å²) in [5, 5.41) is 3.27. The standard InChI is InChI=1S/C21H21N3O3/c1-4-27-20(25)18-13(2)22-21-23-16-7-5-6-8-17(16)24(21)19(18)14-9-11-15(26-3)12-10-14/h5-12,19H,4H2,1-3H3,(H,22,23)/t19-/m0/s1. The summed E-state index contributed by atoms with van der Waals surface area (Å²) in [4.78, 5) is 17.5. The Morgan fingerprint density at radius 1 is 1.19 bits per heavy atom. The van der Waals surface area contributed by atoms with E-state index in [0.29, 0.717) is 18.1 Å². The van der Waals surface area contributed by atoms with Crippen LogP contribution in [-0.2, 0) is 9.53 Å². The summed E-state index contributed by atoms with van der Waals surface area (Å²) in [5.41, 5.74) is 4.12. The third kappa shape index (κ3) is 2.83. The molecule has 4 rings (SSSR count). The molecule has 2 heterocycles. The first-order chi connectivity index (χ1) is 13.1. The molecule has 0 saturated carbocycles. The lowest BCUT2D eigenvalue weighted by Crippen LogP contribution is -2.29. The topological polar surface area (TPSA) is 65.4 Å². The predicted molar refractivity (Wildman–Crippen MR) is 104 cm³/mol. The Kier molecular flexibility index (Phi) is 4.32. The van der Waals surface area contributed by atoms with Crippen LogP contribution in [0.5, 0.6) is 5.75 Å². The number of aromatic nitrogens is 2. The zero-order valence-electron chi connectivity index (χ0n) is 15.5. The summed E-state index contributed by atoms with van der Waals surface area (Å²) in [6, 6.07) is 15.3. The van der Waals surface area contributed by atoms with Gasteiger partial charge in [-0.3, -0.25) is 4.57 Å². The van der Waals surface area contributed by atoms with Crippen molar-refractivity contribution < 1.29 is 14.3 Å². The summed E-state index contributed by atoms with van der Waals surface area (Å²) >= 11 is 0. The van der Waals surface area contributed by atoms with Crippen LogP contribution in [0.25, 0.3) is 11.0 Å². The molecule has 3 aromatic rings. The highest BCUT2D eigenvalue weighted by atomic mass is 16.5. The van der Waals surface area contributed by atoms with Gasteiger partial charge >= 0.3 is 5.97 Å². The number of rotatable bonds is 4. The SMILES string of the molecule is CCOC(=O)C1=C(C)Nc2nc3ccccc3n2[C@H]1c1ccc(OC)cc1. The van der Waals surface area contributed by atoms with Crippen LogP contribution in [0.1, 0.15) is 25.5 Å². The molecule has 27 heavy (non-hydrogen) atoms. The second kappa shape index (κ2) is 6.79. The van der Waals surface area contributed by atoms with E-state index >= 15 is 0 Å². The lowest BCUT2D eigenvalue weighted by molar-refractivity contribution is -0.139. The first kappa shape index (κ1) is 17.1. The fourth-order valence-corrected chi connectivity index (χ4v) is 3.54. The number of allylic oxidation sites excluding steroid dienone is 1. The van der Waals surface area contributed by atoms with Gasteiger partial charge in [0.2, 0.25) is 5.95 Å². The molecule has 6 heteroatoms. The van der Waals surface area contributed by atoms with E-state index in [4.69, 9.17) is 14.5 Å². The van der Waals surface area contributed by atoms with Crippen molar-refractivity contribution in [3.63, 3.8) is 0 Å². The molecule has 0 radical (unpaired) electrons. The molecule has 0 saturated heterocycles. The molecule has 138 valence electrons. The van der Waals surface area contributed by atoms with Gasteiger partial charge in [0.25, 0.3) is 0 Å². The van der Waals surface area contributed by atoms with Gasteiger partial charge in [0.15, 0.2) is 0 Å². The van der Waals surface area contributed by atoms with Crippen LogP contribution >= 0.6 is 0 Å². The number of anilines is 1. The summed E-state index contributed by atoms with van der Waals surface area (Å²) in [5.74, 6) is 1.15. The van der Waals surface area contributed by atoms with Crippen molar-refractivity contribution in [2.75, 3.05) is 19.0 Å². The Morgan fingerprint density at radius 3 is 2.63 bits per heavy atom. The van der Waals surface area contributed by atoms with Gasteiger partial charge in [-0.25, -0.2) is 9.78 Å². The van der Waals surface area contributed by atoms with Gasteiger partial charge in [0.05, 0.1) is 36.4 Å². The average molecular weight is 363 g/mol. The lowest BCUT2D eigenvalue weighted by Gasteiger charge is -2.30. The smallest absolute Gasteiger partial charge is 0.338 e. The fourth-order valence-electron chi connectivity index (χ4n) is 3.54. The van der Waals surface area contributed by atoms with Crippen molar-refractivity contribution >= 4 is 23.0 Å². The Hall–Kier alpha value is -3.28. The van der Waals surface area contributed by atoms with Crippen LogP contribution in [0.4, 0.5) is 5.95 Å². The maximum atomic E-state index is 12.8. The van der Waals surface area contributed by atoms with Crippen LogP contribution in [0.15, 0.2) is 59.8 Å². The minimum atomic E-state index is -0.335. The number of benzene rings is 2. The largest absolute Gasteiger partial charge is 0.497 e. The number of ether oxygens (including phenoxy) is 2. The minimum absolute atomic E-state index is 0.322. The fraction of sp³-hybridized carbons (Fsp3) is 0.238. The highest BCUT2D eigenvalue weighted by Crippen LogP contribution is 2.39. The number of nitrogens with zero attached hydrogens (tertiary/aromatic N) is 2. The Morgan fingerprint density at radius 2 is 1.93 bits per heavy atom. The monoisotopic (exact) mass is 363 g/mol. The van der Waals surface area contributed by atoms with Crippen molar-refractivity contribution in [2.24, 2.45) is 0 Å². The van der Waals surface area contributed by atoms with Crippen molar-refractivity contribution in [1.82, 2.24) is 9.55 Å². The zero-order chi connectivity index (χ0) is 19.0. The van der Waals surface area contributed by atoms with E-state index < -0.39 is 0 Å². The second-order valence-electron chi connectivity index (χ2n) is 6.35. The van der Waals surface area contributed by atoms with E-state index in [1.165, 1.54) is 0 Å². The summed E-state index contributed by atoms with van der Waals surface area (Å²) in [6.07, 6.45) is 0. The van der Waals surface area contributed by atoms with Gasteiger partial charge in [-0.1, -0.05) is 24.3 Å². The van der Waals surface area contributed by atoms with Gasteiger partial charge < -0.3 is 14.8 Å². The molecule has 0 spiro atoms. The van der Waals surface area contributed by atoms with E-state index in [0.717, 1.165) is 28.0 Å². The van der Waals surface area contributed by atoms with Gasteiger partial charge in [0, 0.05) is 5.70 Å². The molecule has 0 bridgehead atoms. The van der Waals surface area contributed by atoms with Gasteiger partial charge in [-0.05, 0) is 43.7 Å². The number of esters is 1. The van der Waals surface area contributed by atoms with Crippen LogP contribution in [0.2, 0.25) is 0 Å². The van der Waals surface area contributed by atoms with Crippen molar-refractivity contribution in [1.29, 1.82) is 0 Å². The molecular weight excluding hydrogens is 342 g/mol. The van der Waals surface area contributed by atoms with E-state index in [9.17, 15) is 4.79 Å². The molecule has 0 amide bonds. The Labute approximate surface area is 157 Å². The Bertz CT molecular complexity index is 1030. The maximum Gasteiger partial charge on any atom is 0.338 e. The van der Waals surface area contributed by atoms with Gasteiger partial charge in [-0.2, -0.15) is 0 Å². The van der Waals surface area contributed by atoms with Crippen LogP contribution < -0.4 is 10.1 Å². The third-order valence-corrected chi connectivity index (χ3v) is 4.76. The molecule has 1 aliphatic rings. The summed E-state index contributed by atoms with van der Waals surface area (Å²) in [7, 11) is 1.63. The number of carbonyl (C=O) groups excluding carboxylic acids is 1. The number of hydrogen-bond donors (Lipinski definition) is 1. The quantitative estimate of drug-likeness (QED) is 0.712. The second-order valence-corrected chi connectivity index (χ2v) is 6.35. The average Bonchev–Trinajstić information content (AvgIpc) is 3.05. The number of carbonyl (C=O) groups is 1. The van der Waals surface area contributed by atoms with Crippen LogP contribution in [0.3, 0.4) is 0 Å².